The maximum atomic E-state index is 12.2. The van der Waals surface area contributed by atoms with Gasteiger partial charge in [-0.25, -0.2) is 4.68 Å². The fourth-order valence-electron chi connectivity index (χ4n) is 2.51. The number of nitrogens with zero attached hydrogens (tertiary/aromatic N) is 5. The summed E-state index contributed by atoms with van der Waals surface area (Å²) in [4.78, 5) is 22.7. The number of carbonyl (C=O) groups excluding carboxylic acids is 1. The van der Waals surface area contributed by atoms with E-state index in [9.17, 15) is 14.9 Å². The average molecular weight is 370 g/mol. The summed E-state index contributed by atoms with van der Waals surface area (Å²) in [5.41, 5.74) is 1.86. The smallest absolute Gasteiger partial charge is 0.311 e. The molecule has 0 fully saturated rings. The number of carbonyl (C=O) groups is 1. The zero-order valence-corrected chi connectivity index (χ0v) is 14.8. The van der Waals surface area contributed by atoms with Crippen LogP contribution in [0.15, 0.2) is 42.7 Å². The van der Waals surface area contributed by atoms with Crippen molar-refractivity contribution in [1.82, 2.24) is 24.9 Å². The van der Waals surface area contributed by atoms with Gasteiger partial charge in [0, 0.05) is 37.6 Å². The molecule has 0 radical (unpaired) electrons. The minimum atomic E-state index is -0.516. The van der Waals surface area contributed by atoms with Crippen LogP contribution in [0.1, 0.15) is 21.7 Å². The Morgan fingerprint density at radius 3 is 2.78 bits per heavy atom. The van der Waals surface area contributed by atoms with Gasteiger partial charge in [0.25, 0.3) is 5.91 Å². The minimum Gasteiger partial charge on any atom is -0.464 e. The molecule has 140 valence electrons. The summed E-state index contributed by atoms with van der Waals surface area (Å²) < 4.78 is 8.52. The molecule has 0 unspecified atom stereocenters. The van der Waals surface area contributed by atoms with Gasteiger partial charge in [0.05, 0.1) is 10.6 Å². The van der Waals surface area contributed by atoms with E-state index in [4.69, 9.17) is 4.74 Å². The summed E-state index contributed by atoms with van der Waals surface area (Å²) >= 11 is 0. The summed E-state index contributed by atoms with van der Waals surface area (Å²) in [7, 11) is 1.82. The Kier molecular flexibility index (Phi) is 5.15. The van der Waals surface area contributed by atoms with Crippen molar-refractivity contribution in [3.63, 3.8) is 0 Å². The fourth-order valence-corrected chi connectivity index (χ4v) is 2.51. The number of hydrogen-bond donors (Lipinski definition) is 1. The van der Waals surface area contributed by atoms with E-state index in [1.54, 1.807) is 29.1 Å². The molecule has 10 nitrogen and oxygen atoms in total. The lowest BCUT2D eigenvalue weighted by Crippen LogP contribution is -2.23. The lowest BCUT2D eigenvalue weighted by atomic mass is 10.2. The molecule has 1 amide bonds. The molecule has 0 spiro atoms. The number of ether oxygens (including phenoxy) is 1. The Morgan fingerprint density at radius 2 is 2.07 bits per heavy atom. The molecule has 3 aromatic rings. The molecule has 0 saturated carbocycles. The second-order valence-electron chi connectivity index (χ2n) is 5.83. The topological polar surface area (TPSA) is 117 Å². The van der Waals surface area contributed by atoms with E-state index in [2.05, 4.69) is 15.5 Å². The normalized spacial score (nSPS) is 10.6. The van der Waals surface area contributed by atoms with Crippen molar-refractivity contribution >= 4 is 11.6 Å². The molecular weight excluding hydrogens is 352 g/mol. The van der Waals surface area contributed by atoms with E-state index < -0.39 is 4.92 Å². The van der Waals surface area contributed by atoms with Gasteiger partial charge in [-0.15, -0.1) is 0 Å². The van der Waals surface area contributed by atoms with E-state index in [1.165, 1.54) is 16.8 Å². The third-order valence-electron chi connectivity index (χ3n) is 3.84. The van der Waals surface area contributed by atoms with Gasteiger partial charge < -0.3 is 10.1 Å². The van der Waals surface area contributed by atoms with Crippen molar-refractivity contribution in [2.45, 2.75) is 20.2 Å². The summed E-state index contributed by atoms with van der Waals surface area (Å²) in [5.74, 6) is -0.196. The average Bonchev–Trinajstić information content (AvgIpc) is 3.24. The first kappa shape index (κ1) is 18.1. The zero-order valence-electron chi connectivity index (χ0n) is 14.8. The predicted molar refractivity (Wildman–Crippen MR) is 95.1 cm³/mol. The number of amides is 1. The molecule has 10 heteroatoms. The highest BCUT2D eigenvalue weighted by Gasteiger charge is 2.15. The number of nitrogens with one attached hydrogen (secondary N) is 1. The number of benzene rings is 1. The summed E-state index contributed by atoms with van der Waals surface area (Å²) in [6, 6.07) is 7.62. The van der Waals surface area contributed by atoms with Gasteiger partial charge in [0.15, 0.2) is 12.5 Å². The summed E-state index contributed by atoms with van der Waals surface area (Å²) in [6.45, 7) is 2.16. The zero-order chi connectivity index (χ0) is 19.4. The first-order chi connectivity index (χ1) is 12.9. The predicted octanol–water partition coefficient (Wildman–Crippen LogP) is 1.80. The standard InChI is InChI=1S/C17H18N6O4/c1-12-13(10-21(2)19-12)9-18-17(24)14-7-8-22(20-14)11-27-16-6-4-3-5-15(16)23(25)26/h3-8,10H,9,11H2,1-2H3,(H,18,24). The van der Waals surface area contributed by atoms with E-state index >= 15 is 0 Å². The van der Waals surface area contributed by atoms with Crippen molar-refractivity contribution in [3.05, 3.63) is 69.8 Å². The van der Waals surface area contributed by atoms with Crippen molar-refractivity contribution in [2.24, 2.45) is 7.05 Å². The molecule has 2 aromatic heterocycles. The van der Waals surface area contributed by atoms with E-state index in [-0.39, 0.29) is 29.8 Å². The van der Waals surface area contributed by atoms with Crippen molar-refractivity contribution in [3.8, 4) is 5.75 Å². The highest BCUT2D eigenvalue weighted by molar-refractivity contribution is 5.92. The van der Waals surface area contributed by atoms with Gasteiger partial charge in [-0.1, -0.05) is 12.1 Å². The number of para-hydroxylation sites is 2. The van der Waals surface area contributed by atoms with Crippen molar-refractivity contribution < 1.29 is 14.5 Å². The molecule has 0 aliphatic rings. The van der Waals surface area contributed by atoms with Gasteiger partial charge in [-0.05, 0) is 19.1 Å². The molecule has 3 rings (SSSR count). The molecule has 0 aliphatic heterocycles. The largest absolute Gasteiger partial charge is 0.464 e. The Labute approximate surface area is 154 Å². The van der Waals surface area contributed by atoms with E-state index in [0.29, 0.717) is 6.54 Å². The van der Waals surface area contributed by atoms with Crippen LogP contribution >= 0.6 is 0 Å². The molecule has 1 N–H and O–H groups in total. The van der Waals surface area contributed by atoms with Crippen LogP contribution in [0.5, 0.6) is 5.75 Å². The van der Waals surface area contributed by atoms with Gasteiger partial charge in [0.1, 0.15) is 5.69 Å². The van der Waals surface area contributed by atoms with E-state index in [1.807, 2.05) is 20.2 Å². The number of aromatic nitrogens is 4. The Hall–Kier alpha value is -3.69. The Balaban J connectivity index is 1.59. The second-order valence-corrected chi connectivity index (χ2v) is 5.83. The first-order valence-electron chi connectivity index (χ1n) is 8.11. The van der Waals surface area contributed by atoms with Crippen LogP contribution in [0, 0.1) is 17.0 Å². The van der Waals surface area contributed by atoms with Crippen LogP contribution in [-0.2, 0) is 20.3 Å². The molecule has 2 heterocycles. The third kappa shape index (κ3) is 4.29. The number of nitro groups is 1. The minimum absolute atomic E-state index is 0.0557. The van der Waals surface area contributed by atoms with Crippen molar-refractivity contribution in [1.29, 1.82) is 0 Å². The molecular formula is C17H18N6O4. The van der Waals surface area contributed by atoms with Crippen LogP contribution < -0.4 is 10.1 Å². The SMILES string of the molecule is Cc1nn(C)cc1CNC(=O)c1ccn(COc2ccccc2[N+](=O)[O-])n1. The lowest BCUT2D eigenvalue weighted by molar-refractivity contribution is -0.386. The van der Waals surface area contributed by atoms with Crippen LogP contribution in [0.4, 0.5) is 5.69 Å². The molecule has 0 saturated heterocycles. The van der Waals surface area contributed by atoms with Gasteiger partial charge in [-0.3, -0.25) is 19.6 Å². The van der Waals surface area contributed by atoms with Crippen LogP contribution in [-0.4, -0.2) is 30.4 Å². The van der Waals surface area contributed by atoms with Gasteiger partial charge in [-0.2, -0.15) is 10.2 Å². The highest BCUT2D eigenvalue weighted by atomic mass is 16.6. The van der Waals surface area contributed by atoms with Gasteiger partial charge in [0.2, 0.25) is 0 Å². The molecule has 27 heavy (non-hydrogen) atoms. The first-order valence-corrected chi connectivity index (χ1v) is 8.11. The Morgan fingerprint density at radius 1 is 1.30 bits per heavy atom. The monoisotopic (exact) mass is 370 g/mol. The number of nitro benzene ring substituents is 1. The van der Waals surface area contributed by atoms with Crippen molar-refractivity contribution in [2.75, 3.05) is 0 Å². The van der Waals surface area contributed by atoms with E-state index in [0.717, 1.165) is 11.3 Å². The maximum absolute atomic E-state index is 12.2. The number of rotatable bonds is 7. The van der Waals surface area contributed by atoms with Crippen LogP contribution in [0.3, 0.4) is 0 Å². The number of hydrogen-bond acceptors (Lipinski definition) is 6. The lowest BCUT2D eigenvalue weighted by Gasteiger charge is -2.06. The fraction of sp³-hybridized carbons (Fsp3) is 0.235. The van der Waals surface area contributed by atoms with Gasteiger partial charge >= 0.3 is 5.69 Å². The molecule has 0 atom stereocenters. The number of aryl methyl sites for hydroxylation is 2. The summed E-state index contributed by atoms with van der Waals surface area (Å²) in [5, 5.41) is 22.1. The molecule has 1 aromatic carbocycles. The maximum Gasteiger partial charge on any atom is 0.311 e. The van der Waals surface area contributed by atoms with Crippen LogP contribution in [0.2, 0.25) is 0 Å². The quantitative estimate of drug-likeness (QED) is 0.501. The summed E-state index contributed by atoms with van der Waals surface area (Å²) in [6.07, 6.45) is 3.41. The Bertz CT molecular complexity index is 977. The van der Waals surface area contributed by atoms with Crippen LogP contribution in [0.25, 0.3) is 0 Å². The third-order valence-corrected chi connectivity index (χ3v) is 3.84. The molecule has 0 aliphatic carbocycles. The highest BCUT2D eigenvalue weighted by Crippen LogP contribution is 2.25. The molecule has 0 bridgehead atoms. The second kappa shape index (κ2) is 7.68.